The number of hydrogen-bond acceptors (Lipinski definition) is 7. The smallest absolute Gasteiger partial charge is 0.256 e. The highest BCUT2D eigenvalue weighted by molar-refractivity contribution is 7.94. The number of anilines is 1. The Morgan fingerprint density at radius 2 is 1.94 bits per heavy atom. The first-order valence-corrected chi connectivity index (χ1v) is 10.5. The Labute approximate surface area is 189 Å². The van der Waals surface area contributed by atoms with Crippen LogP contribution in [0.1, 0.15) is 31.8 Å². The van der Waals surface area contributed by atoms with Crippen molar-refractivity contribution in [1.82, 2.24) is 9.88 Å². The summed E-state index contributed by atoms with van der Waals surface area (Å²) in [7, 11) is 3.14. The van der Waals surface area contributed by atoms with E-state index in [1.165, 1.54) is 7.11 Å². The van der Waals surface area contributed by atoms with E-state index in [2.05, 4.69) is 15.2 Å². The number of nitrogens with one attached hydrogen (secondary N) is 1. The Kier molecular flexibility index (Phi) is 6.40. The lowest BCUT2D eigenvalue weighted by Gasteiger charge is -2.13. The predicted octanol–water partition coefficient (Wildman–Crippen LogP) is 4.61. The SMILES string of the molecule is COOSc1ccc(Oc2cc(C(=O)Nc3ccc(C)cn3)cc3c2CN(C)C3=O)cc1. The van der Waals surface area contributed by atoms with Crippen LogP contribution in [-0.2, 0) is 15.8 Å². The number of carbonyl (C=O) groups is 2. The summed E-state index contributed by atoms with van der Waals surface area (Å²) in [5, 5.41) is 2.76. The summed E-state index contributed by atoms with van der Waals surface area (Å²) in [5.41, 5.74) is 2.49. The van der Waals surface area contributed by atoms with Gasteiger partial charge in [-0.25, -0.2) is 9.87 Å². The molecule has 0 saturated heterocycles. The first-order valence-electron chi connectivity index (χ1n) is 9.76. The van der Waals surface area contributed by atoms with Gasteiger partial charge in [0.1, 0.15) is 17.3 Å². The van der Waals surface area contributed by atoms with Crippen LogP contribution in [-0.4, -0.2) is 35.9 Å². The van der Waals surface area contributed by atoms with Crippen molar-refractivity contribution in [2.24, 2.45) is 0 Å². The van der Waals surface area contributed by atoms with Crippen LogP contribution in [0.3, 0.4) is 0 Å². The van der Waals surface area contributed by atoms with Gasteiger partial charge in [-0.05, 0) is 55.0 Å². The molecule has 2 heterocycles. The number of ether oxygens (including phenoxy) is 1. The number of pyridine rings is 1. The van der Waals surface area contributed by atoms with Crippen molar-refractivity contribution in [3.8, 4) is 11.5 Å². The van der Waals surface area contributed by atoms with Gasteiger partial charge in [0.15, 0.2) is 0 Å². The van der Waals surface area contributed by atoms with Crippen LogP contribution in [0.4, 0.5) is 5.82 Å². The number of carbonyl (C=O) groups excluding carboxylic acids is 2. The largest absolute Gasteiger partial charge is 0.457 e. The van der Waals surface area contributed by atoms with E-state index in [9.17, 15) is 9.59 Å². The summed E-state index contributed by atoms with van der Waals surface area (Å²) in [6.45, 7) is 2.32. The first-order chi connectivity index (χ1) is 15.4. The fraction of sp³-hybridized carbons (Fsp3) is 0.174. The first kappa shape index (κ1) is 21.8. The molecule has 164 valence electrons. The van der Waals surface area contributed by atoms with Crippen LogP contribution in [0, 0.1) is 6.92 Å². The summed E-state index contributed by atoms with van der Waals surface area (Å²) in [5.74, 6) is 0.916. The molecule has 0 radical (unpaired) electrons. The molecule has 0 saturated carbocycles. The topological polar surface area (TPSA) is 90.0 Å². The Morgan fingerprint density at radius 1 is 1.16 bits per heavy atom. The lowest BCUT2D eigenvalue weighted by molar-refractivity contribution is -0.160. The zero-order chi connectivity index (χ0) is 22.7. The van der Waals surface area contributed by atoms with Crippen molar-refractivity contribution in [2.75, 3.05) is 19.5 Å². The Morgan fingerprint density at radius 3 is 2.62 bits per heavy atom. The Balaban J connectivity index is 1.62. The lowest BCUT2D eigenvalue weighted by Crippen LogP contribution is -2.18. The standard InChI is InChI=1S/C23H21N3O5S/c1-14-4-9-21(24-12-14)25-22(27)15-10-18-19(13-26(2)23(18)28)20(11-15)30-16-5-7-17(8-6-16)32-31-29-3/h4-12H,13H2,1-3H3,(H,24,25,27). The predicted molar refractivity (Wildman–Crippen MR) is 120 cm³/mol. The van der Waals surface area contributed by atoms with E-state index >= 15 is 0 Å². The second kappa shape index (κ2) is 9.39. The van der Waals surface area contributed by atoms with Crippen LogP contribution in [0.15, 0.2) is 59.6 Å². The third-order valence-electron chi connectivity index (χ3n) is 4.85. The number of amides is 2. The highest BCUT2D eigenvalue weighted by Crippen LogP contribution is 2.35. The van der Waals surface area contributed by atoms with E-state index in [-0.39, 0.29) is 11.8 Å². The zero-order valence-electron chi connectivity index (χ0n) is 17.7. The molecule has 32 heavy (non-hydrogen) atoms. The molecule has 1 aliphatic heterocycles. The van der Waals surface area contributed by atoms with E-state index in [1.807, 2.05) is 25.1 Å². The number of aryl methyl sites for hydroxylation is 1. The van der Waals surface area contributed by atoms with Crippen molar-refractivity contribution < 1.29 is 23.5 Å². The van der Waals surface area contributed by atoms with Crippen molar-refractivity contribution in [2.45, 2.75) is 18.4 Å². The van der Waals surface area contributed by atoms with Gasteiger partial charge in [0.25, 0.3) is 11.8 Å². The summed E-state index contributed by atoms with van der Waals surface area (Å²) in [6, 6.07) is 14.0. The van der Waals surface area contributed by atoms with Gasteiger partial charge in [-0.15, -0.1) is 0 Å². The highest BCUT2D eigenvalue weighted by Gasteiger charge is 2.29. The van der Waals surface area contributed by atoms with Crippen molar-refractivity contribution in [3.05, 3.63) is 77.0 Å². The monoisotopic (exact) mass is 451 g/mol. The molecule has 9 heteroatoms. The van der Waals surface area contributed by atoms with Crippen LogP contribution in [0.25, 0.3) is 0 Å². The molecule has 3 aromatic rings. The zero-order valence-corrected chi connectivity index (χ0v) is 18.6. The normalized spacial score (nSPS) is 12.6. The third-order valence-corrected chi connectivity index (χ3v) is 5.52. The molecule has 4 rings (SSSR count). The fourth-order valence-corrected chi connectivity index (χ4v) is 3.62. The molecule has 1 aromatic heterocycles. The summed E-state index contributed by atoms with van der Waals surface area (Å²) in [6.07, 6.45) is 1.67. The number of fused-ring (bicyclic) bond motifs is 1. The number of nitrogens with zero attached hydrogens (tertiary/aromatic N) is 2. The van der Waals surface area contributed by atoms with E-state index in [0.717, 1.165) is 28.1 Å². The average molecular weight is 452 g/mol. The molecule has 0 aliphatic carbocycles. The van der Waals surface area contributed by atoms with Gasteiger partial charge in [-0.2, -0.15) is 4.33 Å². The molecule has 0 bridgehead atoms. The Hall–Kier alpha value is -3.40. The van der Waals surface area contributed by atoms with Gasteiger partial charge in [0, 0.05) is 34.8 Å². The van der Waals surface area contributed by atoms with Crippen LogP contribution < -0.4 is 10.1 Å². The van der Waals surface area contributed by atoms with Crippen molar-refractivity contribution in [3.63, 3.8) is 0 Å². The fourth-order valence-electron chi connectivity index (χ4n) is 3.23. The minimum absolute atomic E-state index is 0.156. The van der Waals surface area contributed by atoms with E-state index in [0.29, 0.717) is 35.0 Å². The number of rotatable bonds is 7. The van der Waals surface area contributed by atoms with Gasteiger partial charge >= 0.3 is 0 Å². The third kappa shape index (κ3) is 4.75. The van der Waals surface area contributed by atoms with Crippen LogP contribution in [0.5, 0.6) is 11.5 Å². The molecule has 8 nitrogen and oxygen atoms in total. The average Bonchev–Trinajstić information content (AvgIpc) is 3.09. The highest BCUT2D eigenvalue weighted by atomic mass is 32.2. The molecule has 0 spiro atoms. The summed E-state index contributed by atoms with van der Waals surface area (Å²) >= 11 is 1.08. The van der Waals surface area contributed by atoms with Gasteiger partial charge in [-0.3, -0.25) is 9.59 Å². The van der Waals surface area contributed by atoms with E-state index < -0.39 is 0 Å². The van der Waals surface area contributed by atoms with E-state index in [4.69, 9.17) is 9.07 Å². The maximum absolute atomic E-state index is 12.9. The molecule has 1 aliphatic rings. The minimum Gasteiger partial charge on any atom is -0.457 e. The number of benzene rings is 2. The van der Waals surface area contributed by atoms with Crippen LogP contribution in [0.2, 0.25) is 0 Å². The maximum Gasteiger partial charge on any atom is 0.256 e. The minimum atomic E-state index is -0.375. The van der Waals surface area contributed by atoms with Crippen LogP contribution >= 0.6 is 12.0 Å². The summed E-state index contributed by atoms with van der Waals surface area (Å²) < 4.78 is 10.9. The molecule has 1 N–H and O–H groups in total. The maximum atomic E-state index is 12.9. The van der Waals surface area contributed by atoms with Gasteiger partial charge in [0.2, 0.25) is 0 Å². The molecule has 2 aromatic carbocycles. The summed E-state index contributed by atoms with van der Waals surface area (Å²) in [4.78, 5) is 36.7. The Bertz CT molecular complexity index is 1150. The number of aromatic nitrogens is 1. The molecular weight excluding hydrogens is 430 g/mol. The molecule has 0 atom stereocenters. The lowest BCUT2D eigenvalue weighted by atomic mass is 10.0. The van der Waals surface area contributed by atoms with Gasteiger partial charge in [0.05, 0.1) is 25.7 Å². The molecule has 0 fully saturated rings. The molecule has 0 unspecified atom stereocenters. The quantitative estimate of drug-likeness (QED) is 0.319. The van der Waals surface area contributed by atoms with Crippen molar-refractivity contribution >= 4 is 29.7 Å². The second-order valence-corrected chi connectivity index (χ2v) is 8.00. The molecular formula is C23H21N3O5S. The second-order valence-electron chi connectivity index (χ2n) is 7.23. The van der Waals surface area contributed by atoms with Crippen molar-refractivity contribution in [1.29, 1.82) is 0 Å². The number of hydrogen-bond donors (Lipinski definition) is 1. The van der Waals surface area contributed by atoms with Gasteiger partial charge in [-0.1, -0.05) is 6.07 Å². The molecule has 2 amide bonds. The van der Waals surface area contributed by atoms with Gasteiger partial charge < -0.3 is 15.0 Å². The van der Waals surface area contributed by atoms with E-state index in [1.54, 1.807) is 48.5 Å².